The summed E-state index contributed by atoms with van der Waals surface area (Å²) in [5.41, 5.74) is 0. The Labute approximate surface area is 64.8 Å². The van der Waals surface area contributed by atoms with Crippen LogP contribution >= 0.6 is 0 Å². The van der Waals surface area contributed by atoms with Crippen molar-refractivity contribution in [3.8, 4) is 0 Å². The van der Waals surface area contributed by atoms with Crippen molar-refractivity contribution in [2.45, 2.75) is 6.42 Å². The van der Waals surface area contributed by atoms with E-state index < -0.39 is 5.97 Å². The van der Waals surface area contributed by atoms with E-state index in [9.17, 15) is 9.59 Å². The molecular weight excluding hydrogens is 146 g/mol. The predicted molar refractivity (Wildman–Crippen MR) is 37.9 cm³/mol. The third-order valence-corrected chi connectivity index (χ3v) is 1.91. The molecule has 1 heterocycles. The van der Waals surface area contributed by atoms with Gasteiger partial charge in [-0.3, -0.25) is 14.5 Å². The van der Waals surface area contributed by atoms with Crippen molar-refractivity contribution in [1.29, 1.82) is 0 Å². The first-order valence-corrected chi connectivity index (χ1v) is 3.54. The SMILES string of the molecule is O=[C]CN1CC[C@@H](C(=O)O)C1. The highest BCUT2D eigenvalue weighted by molar-refractivity contribution is 5.70. The molecule has 1 fully saturated rings. The van der Waals surface area contributed by atoms with Gasteiger partial charge in [0.25, 0.3) is 0 Å². The van der Waals surface area contributed by atoms with Crippen LogP contribution in [-0.2, 0) is 9.59 Å². The first-order chi connectivity index (χ1) is 5.24. The number of nitrogens with zero attached hydrogens (tertiary/aromatic N) is 1. The molecule has 0 aromatic heterocycles. The van der Waals surface area contributed by atoms with E-state index in [0.717, 1.165) is 0 Å². The maximum atomic E-state index is 10.4. The second kappa shape index (κ2) is 3.48. The number of carboxylic acid groups (broad SMARTS) is 1. The third kappa shape index (κ3) is 2.01. The number of carbonyl (C=O) groups is 1. The lowest BCUT2D eigenvalue weighted by atomic mass is 10.1. The van der Waals surface area contributed by atoms with E-state index in [1.54, 1.807) is 11.2 Å². The molecule has 4 nitrogen and oxygen atoms in total. The van der Waals surface area contributed by atoms with Crippen LogP contribution in [0.1, 0.15) is 6.42 Å². The number of carbonyl (C=O) groups excluding carboxylic acids is 1. The fourth-order valence-corrected chi connectivity index (χ4v) is 1.27. The summed E-state index contributed by atoms with van der Waals surface area (Å²) >= 11 is 0. The van der Waals surface area contributed by atoms with Crippen molar-refractivity contribution in [3.63, 3.8) is 0 Å². The summed E-state index contributed by atoms with van der Waals surface area (Å²) in [7, 11) is 0. The summed E-state index contributed by atoms with van der Waals surface area (Å²) in [6.45, 7) is 1.43. The van der Waals surface area contributed by atoms with Gasteiger partial charge in [-0.2, -0.15) is 0 Å². The van der Waals surface area contributed by atoms with Crippen molar-refractivity contribution in [2.75, 3.05) is 19.6 Å². The van der Waals surface area contributed by atoms with Gasteiger partial charge in [0.05, 0.1) is 12.5 Å². The van der Waals surface area contributed by atoms with Crippen LogP contribution in [0.2, 0.25) is 0 Å². The van der Waals surface area contributed by atoms with Gasteiger partial charge in [0.1, 0.15) is 0 Å². The molecule has 0 bridgehead atoms. The summed E-state index contributed by atoms with van der Waals surface area (Å²) in [5, 5.41) is 8.57. The molecule has 0 aromatic carbocycles. The van der Waals surface area contributed by atoms with Gasteiger partial charge >= 0.3 is 5.97 Å². The van der Waals surface area contributed by atoms with Gasteiger partial charge in [-0.1, -0.05) is 0 Å². The van der Waals surface area contributed by atoms with Crippen LogP contribution in [0.15, 0.2) is 0 Å². The minimum atomic E-state index is -0.765. The average Bonchev–Trinajstić information content (AvgIpc) is 2.37. The Balaban J connectivity index is 2.34. The quantitative estimate of drug-likeness (QED) is 0.598. The van der Waals surface area contributed by atoms with Gasteiger partial charge in [0.2, 0.25) is 6.29 Å². The van der Waals surface area contributed by atoms with Crippen LogP contribution in [0, 0.1) is 5.92 Å². The maximum Gasteiger partial charge on any atom is 0.307 e. The van der Waals surface area contributed by atoms with E-state index in [0.29, 0.717) is 19.5 Å². The van der Waals surface area contributed by atoms with E-state index in [4.69, 9.17) is 5.11 Å². The Kier molecular flexibility index (Phi) is 2.59. The Hall–Kier alpha value is -0.900. The molecule has 1 aliphatic heterocycles. The molecule has 1 atom stereocenters. The molecule has 0 spiro atoms. The molecule has 61 valence electrons. The molecule has 4 heteroatoms. The Morgan fingerprint density at radius 1 is 1.73 bits per heavy atom. The summed E-state index contributed by atoms with van der Waals surface area (Å²) < 4.78 is 0. The smallest absolute Gasteiger partial charge is 0.307 e. The number of aliphatic carboxylic acids is 1. The highest BCUT2D eigenvalue weighted by atomic mass is 16.4. The zero-order valence-corrected chi connectivity index (χ0v) is 6.12. The van der Waals surface area contributed by atoms with Crippen molar-refractivity contribution in [2.24, 2.45) is 5.92 Å². The molecule has 1 radical (unpaired) electrons. The fourth-order valence-electron chi connectivity index (χ4n) is 1.27. The van der Waals surface area contributed by atoms with E-state index in [1.807, 2.05) is 0 Å². The zero-order valence-electron chi connectivity index (χ0n) is 6.12. The van der Waals surface area contributed by atoms with Crippen molar-refractivity contribution < 1.29 is 14.7 Å². The van der Waals surface area contributed by atoms with Crippen molar-refractivity contribution in [1.82, 2.24) is 4.90 Å². The van der Waals surface area contributed by atoms with Crippen LogP contribution in [0.25, 0.3) is 0 Å². The van der Waals surface area contributed by atoms with Gasteiger partial charge in [-0.15, -0.1) is 0 Å². The second-order valence-electron chi connectivity index (χ2n) is 2.70. The molecular formula is C7H10NO3. The molecule has 1 N–H and O–H groups in total. The van der Waals surface area contributed by atoms with Crippen LogP contribution in [0.3, 0.4) is 0 Å². The molecule has 0 aliphatic carbocycles. The molecule has 1 rings (SSSR count). The first-order valence-electron chi connectivity index (χ1n) is 3.54. The lowest BCUT2D eigenvalue weighted by molar-refractivity contribution is -0.141. The standard InChI is InChI=1S/C7H10NO3/c9-4-3-8-2-1-6(5-8)7(10)11/h6H,1-3,5H2,(H,10,11)/t6-/m1/s1. The molecule has 1 saturated heterocycles. The van der Waals surface area contributed by atoms with Crippen LogP contribution in [0.5, 0.6) is 0 Å². The Morgan fingerprint density at radius 2 is 2.45 bits per heavy atom. The zero-order chi connectivity index (χ0) is 8.27. The lowest BCUT2D eigenvalue weighted by Gasteiger charge is -2.08. The normalized spacial score (nSPS) is 25.3. The van der Waals surface area contributed by atoms with Crippen molar-refractivity contribution in [3.05, 3.63) is 0 Å². The number of rotatable bonds is 3. The highest BCUT2D eigenvalue weighted by Crippen LogP contribution is 2.14. The number of hydrogen-bond acceptors (Lipinski definition) is 3. The van der Waals surface area contributed by atoms with E-state index in [1.165, 1.54) is 0 Å². The van der Waals surface area contributed by atoms with Crippen LogP contribution < -0.4 is 0 Å². The molecule has 0 amide bonds. The van der Waals surface area contributed by atoms with E-state index in [-0.39, 0.29) is 12.5 Å². The number of likely N-dealkylation sites (tertiary alicyclic amines) is 1. The van der Waals surface area contributed by atoms with E-state index in [2.05, 4.69) is 0 Å². The first kappa shape index (κ1) is 8.20. The minimum Gasteiger partial charge on any atom is -0.481 e. The Morgan fingerprint density at radius 3 is 2.91 bits per heavy atom. The molecule has 0 unspecified atom stereocenters. The largest absolute Gasteiger partial charge is 0.481 e. The fraction of sp³-hybridized carbons (Fsp3) is 0.714. The second-order valence-corrected chi connectivity index (χ2v) is 2.70. The highest BCUT2D eigenvalue weighted by Gasteiger charge is 2.27. The van der Waals surface area contributed by atoms with Crippen molar-refractivity contribution >= 4 is 12.3 Å². The topological polar surface area (TPSA) is 57.6 Å². The number of carboxylic acids is 1. The van der Waals surface area contributed by atoms with Gasteiger partial charge in [-0.25, -0.2) is 0 Å². The van der Waals surface area contributed by atoms with Gasteiger partial charge < -0.3 is 5.11 Å². The summed E-state index contributed by atoms with van der Waals surface area (Å²) in [6.07, 6.45) is 2.40. The van der Waals surface area contributed by atoms with Crippen LogP contribution in [-0.4, -0.2) is 41.9 Å². The minimum absolute atomic E-state index is 0.240. The molecule has 11 heavy (non-hydrogen) atoms. The van der Waals surface area contributed by atoms with E-state index >= 15 is 0 Å². The van der Waals surface area contributed by atoms with Gasteiger partial charge in [0, 0.05) is 6.54 Å². The monoisotopic (exact) mass is 156 g/mol. The maximum absolute atomic E-state index is 10.4. The molecule has 0 aromatic rings. The molecule has 1 aliphatic rings. The molecule has 0 saturated carbocycles. The average molecular weight is 156 g/mol. The predicted octanol–water partition coefficient (Wildman–Crippen LogP) is -0.497. The number of hydrogen-bond donors (Lipinski definition) is 1. The lowest BCUT2D eigenvalue weighted by Crippen LogP contribution is -2.24. The third-order valence-electron chi connectivity index (χ3n) is 1.91. The van der Waals surface area contributed by atoms with Gasteiger partial charge in [0.15, 0.2) is 0 Å². The van der Waals surface area contributed by atoms with Gasteiger partial charge in [-0.05, 0) is 13.0 Å². The van der Waals surface area contributed by atoms with Crippen LogP contribution in [0.4, 0.5) is 0 Å². The summed E-state index contributed by atoms with van der Waals surface area (Å²) in [6, 6.07) is 0. The summed E-state index contributed by atoms with van der Waals surface area (Å²) in [4.78, 5) is 22.1. The Bertz CT molecular complexity index is 169. The summed E-state index contributed by atoms with van der Waals surface area (Å²) in [5.74, 6) is -1.05.